The van der Waals surface area contributed by atoms with Crippen molar-refractivity contribution in [2.75, 3.05) is 0 Å². The van der Waals surface area contributed by atoms with Crippen LogP contribution in [0.25, 0.3) is 0 Å². The minimum absolute atomic E-state index is 0.0471. The summed E-state index contributed by atoms with van der Waals surface area (Å²) >= 11 is 3.90. The Kier molecular flexibility index (Phi) is 6.84. The molecule has 4 heteroatoms. The Morgan fingerprint density at radius 3 is 2.07 bits per heavy atom. The molecule has 1 aromatic rings. The average Bonchev–Trinajstić information content (AvgIpc) is 2.18. The zero-order chi connectivity index (χ0) is 11.0. The Morgan fingerprint density at radius 2 is 1.79 bits per heavy atom. The lowest BCUT2D eigenvalue weighted by molar-refractivity contribution is -0.387. The molecule has 0 aliphatic heterocycles. The van der Waals surface area contributed by atoms with Crippen molar-refractivity contribution in [2.45, 2.75) is 31.6 Å². The Hall–Kier alpha value is -1.03. The van der Waals surface area contributed by atoms with Gasteiger partial charge in [0.1, 0.15) is 0 Å². The predicted octanol–water partition coefficient (Wildman–Crippen LogP) is 3.69. The van der Waals surface area contributed by atoms with Crippen molar-refractivity contribution in [2.24, 2.45) is 0 Å². The number of benzene rings is 1. The third kappa shape index (κ3) is 4.87. The van der Waals surface area contributed by atoms with E-state index in [2.05, 4.69) is 26.5 Å². The van der Waals surface area contributed by atoms with Gasteiger partial charge in [-0.2, -0.15) is 0 Å². The molecule has 0 saturated carbocycles. The fourth-order valence-electron chi connectivity index (χ4n) is 0.619. The monoisotopic (exact) mass is 213 g/mol. The summed E-state index contributed by atoms with van der Waals surface area (Å²) in [7, 11) is 0. The van der Waals surface area contributed by atoms with E-state index in [0.717, 1.165) is 0 Å². The van der Waals surface area contributed by atoms with Gasteiger partial charge >= 0.3 is 0 Å². The maximum absolute atomic E-state index is 10.2. The van der Waals surface area contributed by atoms with Crippen molar-refractivity contribution in [3.8, 4) is 0 Å². The first kappa shape index (κ1) is 13.0. The molecule has 0 saturated heterocycles. The molecule has 0 amide bonds. The van der Waals surface area contributed by atoms with Crippen LogP contribution in [-0.2, 0) is 0 Å². The van der Waals surface area contributed by atoms with Crippen LogP contribution < -0.4 is 0 Å². The summed E-state index contributed by atoms with van der Waals surface area (Å²) in [5, 5.41) is 10.2. The third-order valence-corrected chi connectivity index (χ3v) is 1.96. The molecule has 0 fully saturated rings. The summed E-state index contributed by atoms with van der Waals surface area (Å²) < 4.78 is 0. The maximum Gasteiger partial charge on any atom is 0.282 e. The Balaban J connectivity index is 0.000000364. The van der Waals surface area contributed by atoms with Gasteiger partial charge in [-0.3, -0.25) is 10.1 Å². The van der Waals surface area contributed by atoms with E-state index in [-0.39, 0.29) is 5.69 Å². The second-order valence-corrected chi connectivity index (χ2v) is 3.23. The predicted molar refractivity (Wildman–Crippen MR) is 60.9 cm³/mol. The summed E-state index contributed by atoms with van der Waals surface area (Å²) in [5.74, 6) is 0. The molecule has 0 N–H and O–H groups in total. The first-order valence-electron chi connectivity index (χ1n) is 4.55. The fraction of sp³-hybridized carbons (Fsp3) is 0.400. The number of hydrogen-bond donors (Lipinski definition) is 1. The number of nitro benzene ring substituents is 1. The van der Waals surface area contributed by atoms with Crippen molar-refractivity contribution in [3.05, 3.63) is 34.4 Å². The normalized spacial score (nSPS) is 8.79. The van der Waals surface area contributed by atoms with E-state index in [1.54, 1.807) is 18.2 Å². The van der Waals surface area contributed by atoms with Crippen molar-refractivity contribution in [1.82, 2.24) is 0 Å². The number of unbranched alkanes of at least 4 members (excludes halogenated alkanes) is 1. The molecule has 1 rings (SSSR count). The molecule has 0 aromatic heterocycles. The molecular formula is C10H15NO2S. The molecule has 0 aliphatic carbocycles. The molecule has 0 radical (unpaired) electrons. The van der Waals surface area contributed by atoms with Crippen LogP contribution in [0.4, 0.5) is 5.69 Å². The van der Waals surface area contributed by atoms with Gasteiger partial charge in [0.2, 0.25) is 0 Å². The molecule has 0 spiro atoms. The lowest BCUT2D eigenvalue weighted by Crippen LogP contribution is -1.87. The van der Waals surface area contributed by atoms with Crippen LogP contribution in [0.2, 0.25) is 0 Å². The fourth-order valence-corrected chi connectivity index (χ4v) is 0.861. The van der Waals surface area contributed by atoms with Crippen molar-refractivity contribution in [3.63, 3.8) is 0 Å². The van der Waals surface area contributed by atoms with Crippen LogP contribution in [-0.4, -0.2) is 4.92 Å². The largest absolute Gasteiger partial charge is 0.282 e. The van der Waals surface area contributed by atoms with Crippen LogP contribution in [0, 0.1) is 10.1 Å². The van der Waals surface area contributed by atoms with Gasteiger partial charge in [0.05, 0.1) is 9.82 Å². The molecule has 3 nitrogen and oxygen atoms in total. The molecular weight excluding hydrogens is 198 g/mol. The van der Waals surface area contributed by atoms with Gasteiger partial charge in [0.25, 0.3) is 5.69 Å². The van der Waals surface area contributed by atoms with E-state index in [1.807, 2.05) is 0 Å². The number of thiol groups is 1. The summed E-state index contributed by atoms with van der Waals surface area (Å²) in [5.41, 5.74) is 0.0471. The Labute approximate surface area is 89.7 Å². The van der Waals surface area contributed by atoms with Crippen LogP contribution in [0.5, 0.6) is 0 Å². The number of rotatable bonds is 2. The van der Waals surface area contributed by atoms with Gasteiger partial charge < -0.3 is 0 Å². The number of para-hydroxylation sites is 1. The average molecular weight is 213 g/mol. The highest BCUT2D eigenvalue weighted by Gasteiger charge is 2.06. The highest BCUT2D eigenvalue weighted by atomic mass is 32.1. The van der Waals surface area contributed by atoms with Crippen LogP contribution in [0.1, 0.15) is 26.7 Å². The van der Waals surface area contributed by atoms with E-state index in [0.29, 0.717) is 4.90 Å². The Bertz CT molecular complexity index is 287. The zero-order valence-corrected chi connectivity index (χ0v) is 9.33. The van der Waals surface area contributed by atoms with Crippen LogP contribution >= 0.6 is 12.6 Å². The van der Waals surface area contributed by atoms with Gasteiger partial charge in [0, 0.05) is 6.07 Å². The van der Waals surface area contributed by atoms with E-state index in [1.165, 1.54) is 18.9 Å². The SMILES string of the molecule is CCCC.O=[N+]([O-])c1ccccc1S. The lowest BCUT2D eigenvalue weighted by Gasteiger charge is -1.91. The summed E-state index contributed by atoms with van der Waals surface area (Å²) in [6, 6.07) is 6.32. The lowest BCUT2D eigenvalue weighted by atomic mass is 10.3. The molecule has 0 aliphatic rings. The standard InChI is InChI=1S/C6H5NO2S.C4H10/c8-7(9)5-3-1-2-4-6(5)10;1-3-4-2/h1-4,10H;3-4H2,1-2H3. The summed E-state index contributed by atoms with van der Waals surface area (Å²) in [4.78, 5) is 10.1. The van der Waals surface area contributed by atoms with Gasteiger partial charge in [0.15, 0.2) is 0 Å². The maximum atomic E-state index is 10.2. The first-order valence-corrected chi connectivity index (χ1v) is 5.00. The Morgan fingerprint density at radius 1 is 1.29 bits per heavy atom. The molecule has 0 atom stereocenters. The third-order valence-electron chi connectivity index (χ3n) is 1.58. The minimum atomic E-state index is -0.456. The van der Waals surface area contributed by atoms with Crippen LogP contribution in [0.15, 0.2) is 29.2 Å². The van der Waals surface area contributed by atoms with Gasteiger partial charge in [-0.25, -0.2) is 0 Å². The minimum Gasteiger partial charge on any atom is -0.258 e. The van der Waals surface area contributed by atoms with Crippen molar-refractivity contribution >= 4 is 18.3 Å². The molecule has 0 unspecified atom stereocenters. The van der Waals surface area contributed by atoms with Gasteiger partial charge in [-0.1, -0.05) is 38.8 Å². The van der Waals surface area contributed by atoms with Crippen molar-refractivity contribution < 1.29 is 4.92 Å². The van der Waals surface area contributed by atoms with Gasteiger partial charge in [-0.05, 0) is 6.07 Å². The zero-order valence-electron chi connectivity index (χ0n) is 8.43. The second-order valence-electron chi connectivity index (χ2n) is 2.75. The highest BCUT2D eigenvalue weighted by Crippen LogP contribution is 2.20. The molecule has 1 aromatic carbocycles. The van der Waals surface area contributed by atoms with E-state index in [9.17, 15) is 10.1 Å². The summed E-state index contributed by atoms with van der Waals surface area (Å²) in [6.45, 7) is 4.36. The second kappa shape index (κ2) is 7.38. The molecule has 0 bridgehead atoms. The molecule has 0 heterocycles. The smallest absolute Gasteiger partial charge is 0.258 e. The number of hydrogen-bond acceptors (Lipinski definition) is 3. The van der Waals surface area contributed by atoms with Gasteiger partial charge in [-0.15, -0.1) is 12.6 Å². The highest BCUT2D eigenvalue weighted by molar-refractivity contribution is 7.80. The molecule has 14 heavy (non-hydrogen) atoms. The van der Waals surface area contributed by atoms with Crippen molar-refractivity contribution in [1.29, 1.82) is 0 Å². The summed E-state index contributed by atoms with van der Waals surface area (Å²) in [6.07, 6.45) is 2.64. The quantitative estimate of drug-likeness (QED) is 0.462. The number of nitro groups is 1. The topological polar surface area (TPSA) is 43.1 Å². The van der Waals surface area contributed by atoms with E-state index >= 15 is 0 Å². The first-order chi connectivity index (χ1) is 6.63. The number of nitrogens with zero attached hydrogens (tertiary/aromatic N) is 1. The molecule has 78 valence electrons. The van der Waals surface area contributed by atoms with Crippen LogP contribution in [0.3, 0.4) is 0 Å². The van der Waals surface area contributed by atoms with E-state index < -0.39 is 4.92 Å². The van der Waals surface area contributed by atoms with E-state index in [4.69, 9.17) is 0 Å².